The molecule has 0 bridgehead atoms. The summed E-state index contributed by atoms with van der Waals surface area (Å²) in [7, 11) is 0. The molecule has 0 radical (unpaired) electrons. The third kappa shape index (κ3) is 2.25. The summed E-state index contributed by atoms with van der Waals surface area (Å²) in [5.41, 5.74) is 6.68. The summed E-state index contributed by atoms with van der Waals surface area (Å²) in [6, 6.07) is 3.00. The Balaban J connectivity index is 2.36. The van der Waals surface area contributed by atoms with Crippen molar-refractivity contribution in [2.24, 2.45) is 5.73 Å². The van der Waals surface area contributed by atoms with E-state index < -0.39 is 0 Å². The largest absolute Gasteiger partial charge is 0.320 e. The van der Waals surface area contributed by atoms with E-state index in [4.69, 9.17) is 5.73 Å². The molecular weight excluding hydrogens is 279 g/mol. The van der Waals surface area contributed by atoms with Gasteiger partial charge in [-0.2, -0.15) is 0 Å². The van der Waals surface area contributed by atoms with Crippen molar-refractivity contribution >= 4 is 27.3 Å². The Labute approximate surface area is 99.1 Å². The first kappa shape index (κ1) is 10.7. The lowest BCUT2D eigenvalue weighted by Crippen LogP contribution is -2.11. The molecule has 0 amide bonds. The van der Waals surface area contributed by atoms with Gasteiger partial charge in [-0.05, 0) is 39.0 Å². The summed E-state index contributed by atoms with van der Waals surface area (Å²) in [4.78, 5) is 4.75. The first-order valence-corrected chi connectivity index (χ1v) is 5.94. The van der Waals surface area contributed by atoms with Gasteiger partial charge in [0, 0.05) is 15.5 Å². The van der Waals surface area contributed by atoms with Gasteiger partial charge in [-0.25, -0.2) is 4.39 Å². The van der Waals surface area contributed by atoms with Crippen LogP contribution in [0.5, 0.6) is 0 Å². The molecule has 15 heavy (non-hydrogen) atoms. The molecule has 0 aliphatic heterocycles. The summed E-state index contributed by atoms with van der Waals surface area (Å²) in [6.07, 6.45) is 2.75. The van der Waals surface area contributed by atoms with Crippen LogP contribution in [0.3, 0.4) is 0 Å². The highest BCUT2D eigenvalue weighted by Crippen LogP contribution is 2.31. The highest BCUT2D eigenvalue weighted by atomic mass is 79.9. The van der Waals surface area contributed by atoms with Crippen molar-refractivity contribution in [1.82, 2.24) is 4.98 Å². The van der Waals surface area contributed by atoms with Gasteiger partial charge in [0.15, 0.2) is 0 Å². The number of hydrogen-bond acceptors (Lipinski definition) is 3. The molecular formula is C10H8BrFN2S. The molecule has 78 valence electrons. The number of thiophene rings is 1. The zero-order chi connectivity index (χ0) is 10.8. The summed E-state index contributed by atoms with van der Waals surface area (Å²) in [6.45, 7) is 0. The van der Waals surface area contributed by atoms with Crippen LogP contribution in [-0.4, -0.2) is 4.98 Å². The number of halogens is 2. The second-order valence-corrected chi connectivity index (χ2v) is 4.85. The highest BCUT2D eigenvalue weighted by Gasteiger charge is 2.14. The first-order valence-electron chi connectivity index (χ1n) is 4.27. The fourth-order valence-corrected chi connectivity index (χ4v) is 2.93. The van der Waals surface area contributed by atoms with Gasteiger partial charge in [-0.3, -0.25) is 4.98 Å². The summed E-state index contributed by atoms with van der Waals surface area (Å²) >= 11 is 4.94. The van der Waals surface area contributed by atoms with Crippen LogP contribution in [0.1, 0.15) is 16.5 Å². The number of hydrogen-bond donors (Lipinski definition) is 1. The molecule has 0 aliphatic carbocycles. The molecule has 2 rings (SSSR count). The predicted octanol–water partition coefficient (Wildman–Crippen LogP) is 3.09. The molecule has 5 heteroatoms. The van der Waals surface area contributed by atoms with E-state index in [9.17, 15) is 4.39 Å². The van der Waals surface area contributed by atoms with Crippen LogP contribution in [0.2, 0.25) is 0 Å². The molecule has 0 saturated carbocycles. The fraction of sp³-hybridized carbons (Fsp3) is 0.100. The van der Waals surface area contributed by atoms with Crippen molar-refractivity contribution in [3.8, 4) is 0 Å². The Kier molecular flexibility index (Phi) is 3.14. The average molecular weight is 287 g/mol. The topological polar surface area (TPSA) is 38.9 Å². The lowest BCUT2D eigenvalue weighted by Gasteiger charge is -2.10. The van der Waals surface area contributed by atoms with E-state index in [1.807, 2.05) is 11.4 Å². The number of pyridine rings is 1. The Morgan fingerprint density at radius 3 is 2.87 bits per heavy atom. The Bertz CT molecular complexity index is 472. The van der Waals surface area contributed by atoms with Crippen molar-refractivity contribution < 1.29 is 4.39 Å². The standard InChI is InChI=1S/C10H8BrFN2S/c11-8-1-2-15-10(8)9(13)6-3-7(12)5-14-4-6/h1-5,9H,13H2. The Morgan fingerprint density at radius 1 is 1.47 bits per heavy atom. The fourth-order valence-electron chi connectivity index (χ4n) is 1.28. The van der Waals surface area contributed by atoms with E-state index in [0.717, 1.165) is 9.35 Å². The van der Waals surface area contributed by atoms with E-state index in [1.165, 1.54) is 23.6 Å². The van der Waals surface area contributed by atoms with E-state index in [-0.39, 0.29) is 11.9 Å². The third-order valence-corrected chi connectivity index (χ3v) is 3.97. The van der Waals surface area contributed by atoms with Crippen LogP contribution in [0, 0.1) is 5.82 Å². The average Bonchev–Trinajstić information content (AvgIpc) is 2.63. The minimum Gasteiger partial charge on any atom is -0.320 e. The van der Waals surface area contributed by atoms with Crippen LogP contribution in [0.25, 0.3) is 0 Å². The van der Waals surface area contributed by atoms with Crippen LogP contribution >= 0.6 is 27.3 Å². The van der Waals surface area contributed by atoms with Gasteiger partial charge in [0.05, 0.1) is 12.2 Å². The molecule has 2 aromatic heterocycles. The van der Waals surface area contributed by atoms with Gasteiger partial charge in [-0.15, -0.1) is 11.3 Å². The normalized spacial score (nSPS) is 12.7. The number of nitrogens with zero attached hydrogens (tertiary/aromatic N) is 1. The lowest BCUT2D eigenvalue weighted by atomic mass is 10.1. The van der Waals surface area contributed by atoms with Gasteiger partial charge in [0.2, 0.25) is 0 Å². The highest BCUT2D eigenvalue weighted by molar-refractivity contribution is 9.10. The minimum absolute atomic E-state index is 0.331. The molecule has 0 aliphatic rings. The summed E-state index contributed by atoms with van der Waals surface area (Å²) < 4.78 is 13.9. The van der Waals surface area contributed by atoms with Crippen LogP contribution in [0.4, 0.5) is 4.39 Å². The molecule has 2 N–H and O–H groups in total. The molecule has 2 aromatic rings. The van der Waals surface area contributed by atoms with E-state index in [0.29, 0.717) is 5.56 Å². The smallest absolute Gasteiger partial charge is 0.141 e. The third-order valence-electron chi connectivity index (χ3n) is 2.01. The predicted molar refractivity (Wildman–Crippen MR) is 62.2 cm³/mol. The van der Waals surface area contributed by atoms with Crippen molar-refractivity contribution in [3.05, 3.63) is 50.6 Å². The zero-order valence-corrected chi connectivity index (χ0v) is 10.1. The number of rotatable bonds is 2. The van der Waals surface area contributed by atoms with Gasteiger partial charge >= 0.3 is 0 Å². The summed E-state index contributed by atoms with van der Waals surface area (Å²) in [5, 5.41) is 1.94. The molecule has 2 heterocycles. The van der Waals surface area contributed by atoms with E-state index in [2.05, 4.69) is 20.9 Å². The van der Waals surface area contributed by atoms with Gasteiger partial charge < -0.3 is 5.73 Å². The maximum Gasteiger partial charge on any atom is 0.141 e. The van der Waals surface area contributed by atoms with Crippen molar-refractivity contribution in [2.45, 2.75) is 6.04 Å². The van der Waals surface area contributed by atoms with Crippen molar-refractivity contribution in [1.29, 1.82) is 0 Å². The minimum atomic E-state index is -0.365. The number of nitrogens with two attached hydrogens (primary N) is 1. The number of aromatic nitrogens is 1. The van der Waals surface area contributed by atoms with Crippen molar-refractivity contribution in [2.75, 3.05) is 0 Å². The molecule has 2 nitrogen and oxygen atoms in total. The van der Waals surface area contributed by atoms with Crippen LogP contribution in [0.15, 0.2) is 34.4 Å². The zero-order valence-electron chi connectivity index (χ0n) is 7.65. The molecule has 1 atom stereocenters. The van der Waals surface area contributed by atoms with Crippen molar-refractivity contribution in [3.63, 3.8) is 0 Å². The maximum absolute atomic E-state index is 12.9. The SMILES string of the molecule is NC(c1cncc(F)c1)c1sccc1Br. The second kappa shape index (κ2) is 4.38. The summed E-state index contributed by atoms with van der Waals surface area (Å²) in [5.74, 6) is -0.365. The Morgan fingerprint density at radius 2 is 2.27 bits per heavy atom. The van der Waals surface area contributed by atoms with Gasteiger partial charge in [0.1, 0.15) is 5.82 Å². The van der Waals surface area contributed by atoms with Gasteiger partial charge in [0.25, 0.3) is 0 Å². The first-order chi connectivity index (χ1) is 7.18. The lowest BCUT2D eigenvalue weighted by molar-refractivity contribution is 0.616. The van der Waals surface area contributed by atoms with E-state index >= 15 is 0 Å². The second-order valence-electron chi connectivity index (χ2n) is 3.05. The maximum atomic E-state index is 12.9. The van der Waals surface area contributed by atoms with Gasteiger partial charge in [-0.1, -0.05) is 0 Å². The molecule has 0 fully saturated rings. The monoisotopic (exact) mass is 286 g/mol. The Hall–Kier alpha value is -0.780. The molecule has 1 unspecified atom stereocenters. The van der Waals surface area contributed by atoms with Crippen LogP contribution < -0.4 is 5.73 Å². The van der Waals surface area contributed by atoms with Crippen LogP contribution in [-0.2, 0) is 0 Å². The van der Waals surface area contributed by atoms with E-state index in [1.54, 1.807) is 6.20 Å². The molecule has 0 spiro atoms. The quantitative estimate of drug-likeness (QED) is 0.921. The molecule has 0 aromatic carbocycles. The molecule has 0 saturated heterocycles.